The molecule has 0 unspecified atom stereocenters. The fourth-order valence-corrected chi connectivity index (χ4v) is 6.75. The Morgan fingerprint density at radius 1 is 1.02 bits per heavy atom. The Kier molecular flexibility index (Phi) is 10.6. The molecule has 3 atom stereocenters. The second-order valence-electron chi connectivity index (χ2n) is 12.4. The molecule has 1 aromatic heterocycles. The van der Waals surface area contributed by atoms with Crippen LogP contribution in [0, 0.1) is 5.92 Å². The van der Waals surface area contributed by atoms with Gasteiger partial charge in [-0.3, -0.25) is 14.4 Å². The normalized spacial score (nSPS) is 14.9. The number of methoxy groups -OCH3 is 3. The van der Waals surface area contributed by atoms with Crippen molar-refractivity contribution in [2.45, 2.75) is 58.5 Å². The second kappa shape index (κ2) is 14.8. The number of aromatic nitrogens is 1. The van der Waals surface area contributed by atoms with Gasteiger partial charge in [-0.05, 0) is 71.7 Å². The van der Waals surface area contributed by atoms with E-state index in [1.54, 1.807) is 33.5 Å². The Hall–Kier alpha value is -4.99. The molecule has 10 heteroatoms. The predicted octanol–water partition coefficient (Wildman–Crippen LogP) is 5.54. The van der Waals surface area contributed by atoms with E-state index in [9.17, 15) is 14.4 Å². The van der Waals surface area contributed by atoms with E-state index in [2.05, 4.69) is 38.8 Å². The third kappa shape index (κ3) is 6.83. The third-order valence-corrected chi connectivity index (χ3v) is 9.40. The van der Waals surface area contributed by atoms with E-state index >= 15 is 0 Å². The minimum Gasteiger partial charge on any atom is -0.493 e. The van der Waals surface area contributed by atoms with E-state index in [0.717, 1.165) is 28.6 Å². The topological polar surface area (TPSA) is 120 Å². The number of fused-ring (bicyclic) bond motifs is 4. The summed E-state index contributed by atoms with van der Waals surface area (Å²) in [5, 5.41) is 10.6. The van der Waals surface area contributed by atoms with Gasteiger partial charge in [-0.2, -0.15) is 0 Å². The van der Waals surface area contributed by atoms with Crippen LogP contribution >= 0.6 is 0 Å². The summed E-state index contributed by atoms with van der Waals surface area (Å²) in [6, 6.07) is 14.2. The van der Waals surface area contributed by atoms with E-state index in [1.807, 2.05) is 45.2 Å². The molecule has 0 fully saturated rings. The number of carbonyl (C=O) groups excluding carboxylic acids is 2. The zero-order chi connectivity index (χ0) is 34.5. The molecule has 0 saturated carbocycles. The number of aryl methyl sites for hydroxylation is 2. The Labute approximate surface area is 281 Å². The van der Waals surface area contributed by atoms with E-state index in [4.69, 9.17) is 14.2 Å². The van der Waals surface area contributed by atoms with Crippen LogP contribution in [0.2, 0.25) is 0 Å². The molecular formula is C38H46N4O6. The van der Waals surface area contributed by atoms with Crippen molar-refractivity contribution in [3.05, 3.63) is 81.6 Å². The van der Waals surface area contributed by atoms with Gasteiger partial charge in [-0.15, -0.1) is 0 Å². The summed E-state index contributed by atoms with van der Waals surface area (Å²) in [6.45, 7) is 5.95. The number of nitrogens with one attached hydrogen (secondary N) is 3. The molecule has 3 N–H and O–H groups in total. The zero-order valence-electron chi connectivity index (χ0n) is 28.9. The summed E-state index contributed by atoms with van der Waals surface area (Å²) in [6.07, 6.45) is 4.67. The lowest BCUT2D eigenvalue weighted by Crippen LogP contribution is -2.45. The first-order valence-corrected chi connectivity index (χ1v) is 16.5. The van der Waals surface area contributed by atoms with E-state index in [0.29, 0.717) is 54.3 Å². The number of amides is 2. The van der Waals surface area contributed by atoms with Crippen LogP contribution in [0.25, 0.3) is 22.0 Å². The largest absolute Gasteiger partial charge is 0.493 e. The van der Waals surface area contributed by atoms with Crippen molar-refractivity contribution in [1.82, 2.24) is 15.2 Å². The Bertz CT molecular complexity index is 1880. The van der Waals surface area contributed by atoms with Gasteiger partial charge in [0.15, 0.2) is 11.5 Å². The van der Waals surface area contributed by atoms with Crippen molar-refractivity contribution < 1.29 is 23.8 Å². The van der Waals surface area contributed by atoms with Crippen LogP contribution in [-0.2, 0) is 29.5 Å². The molecule has 0 aliphatic heterocycles. The number of hydrogen-bond acceptors (Lipinski definition) is 7. The summed E-state index contributed by atoms with van der Waals surface area (Å²) >= 11 is 0. The molecule has 1 aliphatic rings. The molecule has 1 heterocycles. The number of rotatable bonds is 12. The quantitative estimate of drug-likeness (QED) is 0.184. The molecular weight excluding hydrogens is 608 g/mol. The fourth-order valence-electron chi connectivity index (χ4n) is 6.75. The van der Waals surface area contributed by atoms with Crippen LogP contribution in [-0.4, -0.2) is 50.3 Å². The van der Waals surface area contributed by atoms with Crippen molar-refractivity contribution in [3.63, 3.8) is 0 Å². The van der Waals surface area contributed by atoms with Crippen molar-refractivity contribution >= 4 is 28.4 Å². The fraction of sp³-hybridized carbons (Fsp3) is 0.395. The number of benzene rings is 2. The first-order valence-electron chi connectivity index (χ1n) is 16.5. The summed E-state index contributed by atoms with van der Waals surface area (Å²) in [5.41, 5.74) is 5.41. The Morgan fingerprint density at radius 3 is 2.46 bits per heavy atom. The smallest absolute Gasteiger partial charge is 0.242 e. The van der Waals surface area contributed by atoms with E-state index < -0.39 is 12.1 Å². The summed E-state index contributed by atoms with van der Waals surface area (Å²) in [7, 11) is 6.71. The number of hydrogen-bond donors (Lipinski definition) is 3. The molecule has 0 saturated heterocycles. The van der Waals surface area contributed by atoms with Crippen molar-refractivity contribution in [1.29, 1.82) is 0 Å². The van der Waals surface area contributed by atoms with Crippen LogP contribution in [0.15, 0.2) is 59.5 Å². The molecule has 254 valence electrons. The van der Waals surface area contributed by atoms with E-state index in [1.165, 1.54) is 17.9 Å². The molecule has 0 spiro atoms. The first-order chi connectivity index (χ1) is 23.1. The molecule has 5 rings (SSSR count). The van der Waals surface area contributed by atoms with E-state index in [-0.39, 0.29) is 23.2 Å². The van der Waals surface area contributed by atoms with Gasteiger partial charge >= 0.3 is 0 Å². The summed E-state index contributed by atoms with van der Waals surface area (Å²) in [4.78, 5) is 39.9. The van der Waals surface area contributed by atoms with Gasteiger partial charge in [-0.1, -0.05) is 44.5 Å². The lowest BCUT2D eigenvalue weighted by Gasteiger charge is -2.24. The van der Waals surface area contributed by atoms with Crippen LogP contribution < -0.4 is 35.6 Å². The van der Waals surface area contributed by atoms with Crippen LogP contribution in [0.3, 0.4) is 0 Å². The zero-order valence-corrected chi connectivity index (χ0v) is 28.9. The van der Waals surface area contributed by atoms with Gasteiger partial charge in [0, 0.05) is 43.2 Å². The number of para-hydroxylation sites is 1. The van der Waals surface area contributed by atoms with Gasteiger partial charge in [0.05, 0.1) is 33.1 Å². The molecule has 10 nitrogen and oxygen atoms in total. The monoisotopic (exact) mass is 654 g/mol. The lowest BCUT2D eigenvalue weighted by atomic mass is 9.95. The molecule has 3 aromatic carbocycles. The Balaban J connectivity index is 1.50. The second-order valence-corrected chi connectivity index (χ2v) is 12.4. The minimum atomic E-state index is -0.644. The highest BCUT2D eigenvalue weighted by atomic mass is 16.5. The highest BCUT2D eigenvalue weighted by Crippen LogP contribution is 2.50. The number of carbonyl (C=O) groups is 2. The Morgan fingerprint density at radius 2 is 1.77 bits per heavy atom. The maximum absolute atomic E-state index is 13.9. The molecule has 1 aliphatic carbocycles. The number of anilines is 1. The molecule has 2 amide bonds. The van der Waals surface area contributed by atoms with Gasteiger partial charge in [-0.25, -0.2) is 0 Å². The van der Waals surface area contributed by atoms with Gasteiger partial charge in [0.2, 0.25) is 23.0 Å². The third-order valence-electron chi connectivity index (χ3n) is 9.40. The van der Waals surface area contributed by atoms with Crippen molar-refractivity contribution in [2.75, 3.05) is 33.2 Å². The molecule has 0 radical (unpaired) electrons. The van der Waals surface area contributed by atoms with Crippen molar-refractivity contribution in [3.8, 4) is 28.4 Å². The highest BCUT2D eigenvalue weighted by molar-refractivity contribution is 5.87. The predicted molar refractivity (Wildman–Crippen MR) is 189 cm³/mol. The lowest BCUT2D eigenvalue weighted by molar-refractivity contribution is -0.123. The maximum atomic E-state index is 13.9. The maximum Gasteiger partial charge on any atom is 0.242 e. The minimum absolute atomic E-state index is 0.0602. The average molecular weight is 655 g/mol. The molecule has 48 heavy (non-hydrogen) atoms. The molecule has 4 aromatic rings. The van der Waals surface area contributed by atoms with Gasteiger partial charge in [0.25, 0.3) is 0 Å². The first kappa shape index (κ1) is 34.3. The van der Waals surface area contributed by atoms with Crippen LogP contribution in [0.4, 0.5) is 5.69 Å². The number of nitrogens with zero attached hydrogens (tertiary/aromatic N) is 1. The highest BCUT2D eigenvalue weighted by Gasteiger charge is 2.30. The van der Waals surface area contributed by atoms with Gasteiger partial charge < -0.3 is 34.7 Å². The molecule has 0 bridgehead atoms. The van der Waals surface area contributed by atoms with Crippen molar-refractivity contribution in [2.24, 2.45) is 13.0 Å². The SMILES string of the molecule is CC[C@@H](C)[C@H](Nc1ccc2c(cc1=O)[C@@H](NC(C)=O)CCc1cc(OC)c(OC)c(OC)c1-2)C(=O)NCCc1cn(C)c2ccccc12. The van der Waals surface area contributed by atoms with Crippen LogP contribution in [0.1, 0.15) is 56.3 Å². The van der Waals surface area contributed by atoms with Gasteiger partial charge in [0.1, 0.15) is 6.04 Å². The van der Waals surface area contributed by atoms with Crippen LogP contribution in [0.5, 0.6) is 17.2 Å². The standard InChI is InChI=1S/C38H46N4O6/c1-8-22(2)35(38(45)39-18-17-25-21-42(4)31-12-10-9-11-26(25)31)41-30-16-14-27-28(20-32(30)44)29(40-23(3)43)15-13-24-19-33(46-5)36(47-6)37(48-7)34(24)27/h9-12,14,16,19-22,29,35H,8,13,15,17-18H2,1-7H3,(H,39,45)(H,40,43)(H,41,44)/t22-,29+,35+/m1/s1. The average Bonchev–Trinajstić information content (AvgIpc) is 3.21. The summed E-state index contributed by atoms with van der Waals surface area (Å²) in [5.74, 6) is 1.02. The number of ether oxygens (including phenoxy) is 3. The summed E-state index contributed by atoms with van der Waals surface area (Å²) < 4.78 is 19.3.